The molecule has 0 radical (unpaired) electrons. The number of anilines is 1. The minimum absolute atomic E-state index is 0.0698. The van der Waals surface area contributed by atoms with Gasteiger partial charge in [0.05, 0.1) is 17.9 Å². The number of ether oxygens (including phenoxy) is 1. The Hall–Kier alpha value is -1.29. The smallest absolute Gasteiger partial charge is 0.146 e. The van der Waals surface area contributed by atoms with E-state index in [0.29, 0.717) is 30.9 Å². The number of halogens is 1. The number of rotatable bonds is 3. The predicted octanol–water partition coefficient (Wildman–Crippen LogP) is 2.82. The average molecular weight is 267 g/mol. The van der Waals surface area contributed by atoms with Crippen LogP contribution in [0.2, 0.25) is 0 Å². The summed E-state index contributed by atoms with van der Waals surface area (Å²) < 4.78 is 19.6. The summed E-state index contributed by atoms with van der Waals surface area (Å²) in [5.41, 5.74) is 0.567. The molecule has 0 aromatic heterocycles. The molecule has 0 aliphatic carbocycles. The van der Waals surface area contributed by atoms with E-state index in [2.05, 4.69) is 0 Å². The maximum Gasteiger partial charge on any atom is 0.146 e. The van der Waals surface area contributed by atoms with E-state index in [1.54, 1.807) is 12.1 Å². The quantitative estimate of drug-likeness (QED) is 0.914. The maximum absolute atomic E-state index is 14.0. The summed E-state index contributed by atoms with van der Waals surface area (Å²) in [4.78, 5) is 1.99. The number of aliphatic hydroxyl groups is 1. The van der Waals surface area contributed by atoms with Crippen molar-refractivity contribution in [1.82, 2.24) is 0 Å². The molecule has 2 rings (SSSR count). The predicted molar refractivity (Wildman–Crippen MR) is 74.2 cm³/mol. The first-order valence-corrected chi connectivity index (χ1v) is 6.86. The molecule has 2 atom stereocenters. The lowest BCUT2D eigenvalue weighted by atomic mass is 9.96. The average Bonchev–Trinajstić information content (AvgIpc) is 2.34. The van der Waals surface area contributed by atoms with Crippen molar-refractivity contribution in [2.45, 2.75) is 39.4 Å². The van der Waals surface area contributed by atoms with E-state index >= 15 is 0 Å². The van der Waals surface area contributed by atoms with Gasteiger partial charge in [-0.05, 0) is 38.3 Å². The van der Waals surface area contributed by atoms with Gasteiger partial charge in [0, 0.05) is 19.2 Å². The standard InChI is InChI=1S/C15H22FNO2/c1-10(2)19-12-4-5-13(16)14(8-12)17-7-6-15(18)11(3)9-17/h4-5,8,10-11,15,18H,6-7,9H2,1-3H3. The zero-order valence-corrected chi connectivity index (χ0v) is 11.8. The third-order valence-electron chi connectivity index (χ3n) is 3.49. The van der Waals surface area contributed by atoms with Gasteiger partial charge in [-0.1, -0.05) is 6.92 Å². The van der Waals surface area contributed by atoms with E-state index in [0.717, 1.165) is 0 Å². The molecule has 1 aliphatic heterocycles. The molecule has 1 aliphatic rings. The second-order valence-corrected chi connectivity index (χ2v) is 5.56. The first-order valence-electron chi connectivity index (χ1n) is 6.86. The van der Waals surface area contributed by atoms with Crippen LogP contribution in [0, 0.1) is 11.7 Å². The van der Waals surface area contributed by atoms with Crippen LogP contribution < -0.4 is 9.64 Å². The Morgan fingerprint density at radius 3 is 2.79 bits per heavy atom. The molecule has 1 heterocycles. The molecule has 1 aromatic rings. The van der Waals surface area contributed by atoms with Crippen LogP contribution in [-0.2, 0) is 0 Å². The van der Waals surface area contributed by atoms with Gasteiger partial charge in [-0.15, -0.1) is 0 Å². The highest BCUT2D eigenvalue weighted by Gasteiger charge is 2.26. The van der Waals surface area contributed by atoms with Crippen LogP contribution in [0.25, 0.3) is 0 Å². The Labute approximate surface area is 114 Å². The molecule has 1 fully saturated rings. The van der Waals surface area contributed by atoms with Crippen LogP contribution in [0.4, 0.5) is 10.1 Å². The molecule has 4 heteroatoms. The van der Waals surface area contributed by atoms with E-state index in [1.807, 2.05) is 25.7 Å². The minimum Gasteiger partial charge on any atom is -0.491 e. The van der Waals surface area contributed by atoms with Crippen LogP contribution in [0.3, 0.4) is 0 Å². The first-order chi connectivity index (χ1) is 8.97. The van der Waals surface area contributed by atoms with Gasteiger partial charge in [0.2, 0.25) is 0 Å². The minimum atomic E-state index is -0.283. The van der Waals surface area contributed by atoms with E-state index in [1.165, 1.54) is 6.07 Å². The molecular formula is C15H22FNO2. The van der Waals surface area contributed by atoms with Gasteiger partial charge in [0.25, 0.3) is 0 Å². The van der Waals surface area contributed by atoms with Gasteiger partial charge in [0.15, 0.2) is 0 Å². The number of benzene rings is 1. The molecule has 0 spiro atoms. The zero-order chi connectivity index (χ0) is 14.0. The number of aliphatic hydroxyl groups excluding tert-OH is 1. The molecule has 0 saturated carbocycles. The van der Waals surface area contributed by atoms with Crippen molar-refractivity contribution < 1.29 is 14.2 Å². The van der Waals surface area contributed by atoms with Crippen LogP contribution in [0.1, 0.15) is 27.2 Å². The summed E-state index contributed by atoms with van der Waals surface area (Å²) in [6.07, 6.45) is 0.463. The second-order valence-electron chi connectivity index (χ2n) is 5.56. The third-order valence-corrected chi connectivity index (χ3v) is 3.49. The lowest BCUT2D eigenvalue weighted by molar-refractivity contribution is 0.0969. The Morgan fingerprint density at radius 1 is 1.42 bits per heavy atom. The Balaban J connectivity index is 2.18. The highest BCUT2D eigenvalue weighted by molar-refractivity contribution is 5.52. The lowest BCUT2D eigenvalue weighted by Gasteiger charge is -2.36. The normalized spacial score (nSPS) is 23.8. The lowest BCUT2D eigenvalue weighted by Crippen LogP contribution is -2.42. The molecule has 106 valence electrons. The van der Waals surface area contributed by atoms with E-state index in [4.69, 9.17) is 4.74 Å². The summed E-state index contributed by atoms with van der Waals surface area (Å²) in [7, 11) is 0. The van der Waals surface area contributed by atoms with Gasteiger partial charge in [0.1, 0.15) is 11.6 Å². The van der Waals surface area contributed by atoms with E-state index in [-0.39, 0.29) is 23.9 Å². The van der Waals surface area contributed by atoms with Crippen molar-refractivity contribution in [2.75, 3.05) is 18.0 Å². The fourth-order valence-corrected chi connectivity index (χ4v) is 2.43. The maximum atomic E-state index is 14.0. The Morgan fingerprint density at radius 2 is 2.16 bits per heavy atom. The molecular weight excluding hydrogens is 245 g/mol. The van der Waals surface area contributed by atoms with Crippen LogP contribution in [0.5, 0.6) is 5.75 Å². The van der Waals surface area contributed by atoms with Crippen LogP contribution in [0.15, 0.2) is 18.2 Å². The zero-order valence-electron chi connectivity index (χ0n) is 11.8. The number of hydrogen-bond donors (Lipinski definition) is 1. The van der Waals surface area contributed by atoms with E-state index < -0.39 is 0 Å². The highest BCUT2D eigenvalue weighted by atomic mass is 19.1. The Kier molecular flexibility index (Phi) is 4.30. The number of nitrogens with zero attached hydrogens (tertiary/aromatic N) is 1. The summed E-state index contributed by atoms with van der Waals surface area (Å²) in [5.74, 6) is 0.604. The first kappa shape index (κ1) is 14.1. The van der Waals surface area contributed by atoms with Crippen LogP contribution >= 0.6 is 0 Å². The SMILES string of the molecule is CC(C)Oc1ccc(F)c(N2CCC(O)C(C)C2)c1. The monoisotopic (exact) mass is 267 g/mol. The van der Waals surface area contributed by atoms with Crippen molar-refractivity contribution in [3.05, 3.63) is 24.0 Å². The molecule has 0 amide bonds. The third kappa shape index (κ3) is 3.38. The molecule has 2 unspecified atom stereocenters. The summed E-state index contributed by atoms with van der Waals surface area (Å²) in [6, 6.07) is 4.85. The van der Waals surface area contributed by atoms with Gasteiger partial charge in [-0.3, -0.25) is 0 Å². The number of piperidine rings is 1. The van der Waals surface area contributed by atoms with Crippen molar-refractivity contribution >= 4 is 5.69 Å². The van der Waals surface area contributed by atoms with Gasteiger partial charge < -0.3 is 14.7 Å². The van der Waals surface area contributed by atoms with Crippen LogP contribution in [-0.4, -0.2) is 30.4 Å². The van der Waals surface area contributed by atoms with Crippen molar-refractivity contribution in [1.29, 1.82) is 0 Å². The fraction of sp³-hybridized carbons (Fsp3) is 0.600. The van der Waals surface area contributed by atoms with Crippen molar-refractivity contribution in [2.24, 2.45) is 5.92 Å². The molecule has 1 N–H and O–H groups in total. The van der Waals surface area contributed by atoms with Gasteiger partial charge >= 0.3 is 0 Å². The highest BCUT2D eigenvalue weighted by Crippen LogP contribution is 2.29. The van der Waals surface area contributed by atoms with E-state index in [9.17, 15) is 9.50 Å². The summed E-state index contributed by atoms with van der Waals surface area (Å²) in [6.45, 7) is 7.23. The van der Waals surface area contributed by atoms with Crippen molar-refractivity contribution in [3.8, 4) is 5.75 Å². The molecule has 0 bridgehead atoms. The largest absolute Gasteiger partial charge is 0.491 e. The Bertz CT molecular complexity index is 436. The summed E-state index contributed by atoms with van der Waals surface area (Å²) in [5, 5.41) is 9.74. The molecule has 3 nitrogen and oxygen atoms in total. The fourth-order valence-electron chi connectivity index (χ4n) is 2.43. The van der Waals surface area contributed by atoms with Crippen molar-refractivity contribution in [3.63, 3.8) is 0 Å². The molecule has 1 saturated heterocycles. The molecule has 1 aromatic carbocycles. The van der Waals surface area contributed by atoms with Gasteiger partial charge in [-0.2, -0.15) is 0 Å². The van der Waals surface area contributed by atoms with Gasteiger partial charge in [-0.25, -0.2) is 4.39 Å². The molecule has 19 heavy (non-hydrogen) atoms. The second kappa shape index (κ2) is 5.78. The number of hydrogen-bond acceptors (Lipinski definition) is 3. The topological polar surface area (TPSA) is 32.7 Å². The summed E-state index contributed by atoms with van der Waals surface area (Å²) >= 11 is 0.